The monoisotopic (exact) mass is 169 g/mol. The normalized spacial score (nSPS) is 12.5. The van der Waals surface area contributed by atoms with Gasteiger partial charge in [-0.2, -0.15) is 0 Å². The first kappa shape index (κ1) is 8.27. The summed E-state index contributed by atoms with van der Waals surface area (Å²) in [4.78, 5) is 0.865. The van der Waals surface area contributed by atoms with Crippen LogP contribution >= 0.6 is 0 Å². The third-order valence-electron chi connectivity index (χ3n) is 1.47. The molecule has 2 nitrogen and oxygen atoms in total. The predicted octanol–water partition coefficient (Wildman–Crippen LogP) is 1.47. The van der Waals surface area contributed by atoms with E-state index < -0.39 is 10.8 Å². The summed E-state index contributed by atoms with van der Waals surface area (Å²) in [5.41, 5.74) is 1.04. The van der Waals surface area contributed by atoms with Gasteiger partial charge in [-0.25, -0.2) is 0 Å². The van der Waals surface area contributed by atoms with Crippen molar-refractivity contribution in [3.63, 3.8) is 0 Å². The van der Waals surface area contributed by atoms with Gasteiger partial charge in [0.25, 0.3) is 0 Å². The van der Waals surface area contributed by atoms with Crippen LogP contribution in [0.1, 0.15) is 0 Å². The second-order valence-corrected chi connectivity index (χ2v) is 3.61. The maximum atomic E-state index is 10.9. The highest BCUT2D eigenvalue weighted by Gasteiger charge is 1.94. The highest BCUT2D eigenvalue weighted by atomic mass is 32.2. The van der Waals surface area contributed by atoms with Crippen molar-refractivity contribution in [2.45, 2.75) is 4.90 Å². The van der Waals surface area contributed by atoms with Gasteiger partial charge in [0.1, 0.15) is 0 Å². The predicted molar refractivity (Wildman–Crippen MR) is 48.3 cm³/mol. The molecule has 0 aliphatic carbocycles. The summed E-state index contributed by atoms with van der Waals surface area (Å²) in [6.07, 6.45) is 1.67. The molecule has 1 unspecified atom stereocenters. The fourth-order valence-corrected chi connectivity index (χ4v) is 1.33. The number of hydrogen-bond acceptors (Lipinski definition) is 2. The van der Waals surface area contributed by atoms with E-state index in [-0.39, 0.29) is 0 Å². The van der Waals surface area contributed by atoms with Crippen molar-refractivity contribution in [1.82, 2.24) is 0 Å². The van der Waals surface area contributed by atoms with Crippen molar-refractivity contribution in [3.8, 4) is 0 Å². The molecule has 3 heteroatoms. The lowest BCUT2D eigenvalue weighted by Gasteiger charge is -1.99. The highest BCUT2D eigenvalue weighted by Crippen LogP contribution is 2.10. The Labute approximate surface area is 69.1 Å². The van der Waals surface area contributed by atoms with Crippen LogP contribution in [-0.4, -0.2) is 17.5 Å². The maximum Gasteiger partial charge on any atom is 0.0498 e. The summed E-state index contributed by atoms with van der Waals surface area (Å²) in [6.45, 7) is 0. The molecule has 0 heterocycles. The Balaban J connectivity index is 2.91. The molecule has 0 bridgehead atoms. The lowest BCUT2D eigenvalue weighted by atomic mass is 10.3. The van der Waals surface area contributed by atoms with Gasteiger partial charge in [0.2, 0.25) is 0 Å². The molecule has 60 valence electrons. The molecule has 1 aromatic rings. The summed E-state index contributed by atoms with van der Waals surface area (Å²) in [6, 6.07) is 7.55. The van der Waals surface area contributed by atoms with Crippen LogP contribution in [0.25, 0.3) is 0 Å². The molecule has 0 radical (unpaired) electrons. The standard InChI is InChI=1S/C8H11NOS/c1-9-7-3-5-8(6-4-7)11(2)10/h3-6,9H,1-2H3. The fourth-order valence-electron chi connectivity index (χ4n) is 0.813. The van der Waals surface area contributed by atoms with Gasteiger partial charge in [-0.05, 0) is 24.3 Å². The molecule has 0 aliphatic rings. The van der Waals surface area contributed by atoms with E-state index in [0.29, 0.717) is 0 Å². The number of rotatable bonds is 2. The van der Waals surface area contributed by atoms with Gasteiger partial charge in [-0.15, -0.1) is 0 Å². The first-order valence-corrected chi connectivity index (χ1v) is 4.91. The average molecular weight is 169 g/mol. The lowest BCUT2D eigenvalue weighted by molar-refractivity contribution is 0.687. The molecule has 1 rings (SSSR count). The Morgan fingerprint density at radius 3 is 2.18 bits per heavy atom. The maximum absolute atomic E-state index is 10.9. The third-order valence-corrected chi connectivity index (χ3v) is 2.41. The zero-order valence-electron chi connectivity index (χ0n) is 6.63. The molecule has 11 heavy (non-hydrogen) atoms. The SMILES string of the molecule is CNc1ccc(S(C)=O)cc1. The van der Waals surface area contributed by atoms with Crippen molar-refractivity contribution < 1.29 is 4.21 Å². The molecular weight excluding hydrogens is 158 g/mol. The van der Waals surface area contributed by atoms with Crippen molar-refractivity contribution in [1.29, 1.82) is 0 Å². The van der Waals surface area contributed by atoms with Crippen LogP contribution in [0.5, 0.6) is 0 Å². The molecule has 1 N–H and O–H groups in total. The number of benzene rings is 1. The second kappa shape index (κ2) is 3.53. The second-order valence-electron chi connectivity index (χ2n) is 2.23. The van der Waals surface area contributed by atoms with Gasteiger partial charge >= 0.3 is 0 Å². The number of anilines is 1. The van der Waals surface area contributed by atoms with Crippen LogP contribution in [0.4, 0.5) is 5.69 Å². The van der Waals surface area contributed by atoms with Gasteiger partial charge in [0.05, 0.1) is 0 Å². The van der Waals surface area contributed by atoms with E-state index in [1.54, 1.807) is 6.26 Å². The topological polar surface area (TPSA) is 29.1 Å². The molecule has 0 aliphatic heterocycles. The first-order chi connectivity index (χ1) is 5.24. The fraction of sp³-hybridized carbons (Fsp3) is 0.250. The van der Waals surface area contributed by atoms with Gasteiger partial charge in [0, 0.05) is 34.7 Å². The Hall–Kier alpha value is -0.830. The minimum Gasteiger partial charge on any atom is -0.388 e. The lowest BCUT2D eigenvalue weighted by Crippen LogP contribution is -1.90. The van der Waals surface area contributed by atoms with Crippen LogP contribution in [-0.2, 0) is 10.8 Å². The Kier molecular flexibility index (Phi) is 2.65. The van der Waals surface area contributed by atoms with Crippen molar-refractivity contribution >= 4 is 16.5 Å². The first-order valence-electron chi connectivity index (χ1n) is 3.35. The molecule has 1 aromatic carbocycles. The number of nitrogens with one attached hydrogen (secondary N) is 1. The van der Waals surface area contributed by atoms with Crippen molar-refractivity contribution in [2.75, 3.05) is 18.6 Å². The molecule has 1 atom stereocenters. The smallest absolute Gasteiger partial charge is 0.0498 e. The van der Waals surface area contributed by atoms with Crippen LogP contribution in [0.15, 0.2) is 29.2 Å². The Morgan fingerprint density at radius 1 is 1.27 bits per heavy atom. The van der Waals surface area contributed by atoms with E-state index in [4.69, 9.17) is 0 Å². The van der Waals surface area contributed by atoms with Crippen LogP contribution in [0.3, 0.4) is 0 Å². The summed E-state index contributed by atoms with van der Waals surface area (Å²) < 4.78 is 10.9. The van der Waals surface area contributed by atoms with E-state index in [2.05, 4.69) is 5.32 Å². The molecule has 0 aromatic heterocycles. The van der Waals surface area contributed by atoms with E-state index in [1.807, 2.05) is 31.3 Å². The molecule has 0 spiro atoms. The number of hydrogen-bond donors (Lipinski definition) is 1. The Morgan fingerprint density at radius 2 is 1.82 bits per heavy atom. The van der Waals surface area contributed by atoms with Crippen LogP contribution < -0.4 is 5.32 Å². The molecular formula is C8H11NOS. The third kappa shape index (κ3) is 2.05. The van der Waals surface area contributed by atoms with E-state index in [1.165, 1.54) is 0 Å². The van der Waals surface area contributed by atoms with Gasteiger partial charge < -0.3 is 5.32 Å². The van der Waals surface area contributed by atoms with Crippen LogP contribution in [0, 0.1) is 0 Å². The van der Waals surface area contributed by atoms with Crippen molar-refractivity contribution in [2.24, 2.45) is 0 Å². The molecule has 0 amide bonds. The zero-order valence-corrected chi connectivity index (χ0v) is 7.44. The minimum absolute atomic E-state index is 0.865. The van der Waals surface area contributed by atoms with Crippen molar-refractivity contribution in [3.05, 3.63) is 24.3 Å². The molecule has 0 fully saturated rings. The zero-order chi connectivity index (χ0) is 8.27. The van der Waals surface area contributed by atoms with Gasteiger partial charge in [-0.1, -0.05) is 0 Å². The van der Waals surface area contributed by atoms with Crippen LogP contribution in [0.2, 0.25) is 0 Å². The highest BCUT2D eigenvalue weighted by molar-refractivity contribution is 7.84. The quantitative estimate of drug-likeness (QED) is 0.726. The summed E-state index contributed by atoms with van der Waals surface area (Å²) in [5, 5.41) is 2.99. The van der Waals surface area contributed by atoms with Gasteiger partial charge in [-0.3, -0.25) is 4.21 Å². The van der Waals surface area contributed by atoms with E-state index in [0.717, 1.165) is 10.6 Å². The van der Waals surface area contributed by atoms with E-state index >= 15 is 0 Å². The molecule has 0 saturated heterocycles. The average Bonchev–Trinajstić information content (AvgIpc) is 2.05. The molecule has 0 saturated carbocycles. The summed E-state index contributed by atoms with van der Waals surface area (Å²) in [7, 11) is 0.992. The largest absolute Gasteiger partial charge is 0.388 e. The minimum atomic E-state index is -0.867. The van der Waals surface area contributed by atoms with Gasteiger partial charge in [0.15, 0.2) is 0 Å². The Bertz CT molecular complexity index is 255. The summed E-state index contributed by atoms with van der Waals surface area (Å²) >= 11 is 0. The summed E-state index contributed by atoms with van der Waals surface area (Å²) in [5.74, 6) is 0. The van der Waals surface area contributed by atoms with E-state index in [9.17, 15) is 4.21 Å².